The Morgan fingerprint density at radius 1 is 0.745 bits per heavy atom. The molecule has 15 heteroatoms. The van der Waals surface area contributed by atoms with Crippen LogP contribution in [0.4, 0.5) is 16.2 Å². The minimum atomic E-state index is -4.76. The Morgan fingerprint density at radius 2 is 1.30 bits per heavy atom. The van der Waals surface area contributed by atoms with Gasteiger partial charge in [-0.1, -0.05) is 54.6 Å². The topological polar surface area (TPSA) is 187 Å². The van der Waals surface area contributed by atoms with Gasteiger partial charge in [-0.2, -0.15) is 8.42 Å². The van der Waals surface area contributed by atoms with Crippen LogP contribution in [0.25, 0.3) is 0 Å². The number of non-ortho nitro benzene ring substituents is 1. The normalized spacial score (nSPS) is 18.9. The molecule has 1 heterocycles. The van der Waals surface area contributed by atoms with Crippen LogP contribution in [0.2, 0.25) is 0 Å². The van der Waals surface area contributed by atoms with Crippen molar-refractivity contribution in [2.75, 3.05) is 11.9 Å². The van der Waals surface area contributed by atoms with E-state index in [1.165, 1.54) is 24.3 Å². The fraction of sp³-hybridized carbons (Fsp3) is 0.156. The number of carbonyl (C=O) groups is 3. The van der Waals surface area contributed by atoms with Crippen molar-refractivity contribution in [3.63, 3.8) is 0 Å². The number of hydrogen-bond donors (Lipinski definition) is 1. The molecule has 1 amide bonds. The molecule has 4 atom stereocenters. The maximum atomic E-state index is 13.4. The molecular weight excluding hydrogens is 636 g/mol. The van der Waals surface area contributed by atoms with Crippen molar-refractivity contribution in [1.29, 1.82) is 0 Å². The van der Waals surface area contributed by atoms with E-state index in [4.69, 9.17) is 23.1 Å². The van der Waals surface area contributed by atoms with E-state index >= 15 is 0 Å². The molecule has 0 aliphatic carbocycles. The van der Waals surface area contributed by atoms with Gasteiger partial charge in [0.1, 0.15) is 12.7 Å². The van der Waals surface area contributed by atoms with E-state index in [9.17, 15) is 32.9 Å². The standard InChI is InChI=1S/C32H26N2O12S/c35-29(21-10-4-1-5-11-21)42-20-26-27(44-30(36)22-12-6-2-7-13-22)28(31(43-26)45-32(37)33-23-14-8-3-9-15-23)46-47(40,41)25-18-16-24(17-19-25)34(38)39/h1-19,26-28,31H,20H2,(H,33,37)/t26-,27-,28+,31+/m1/s1. The predicted octanol–water partition coefficient (Wildman–Crippen LogP) is 4.72. The summed E-state index contributed by atoms with van der Waals surface area (Å²) in [6.45, 7) is -0.571. The van der Waals surface area contributed by atoms with Crippen LogP contribution in [0.1, 0.15) is 20.7 Å². The van der Waals surface area contributed by atoms with Crippen LogP contribution in [0, 0.1) is 10.1 Å². The van der Waals surface area contributed by atoms with Gasteiger partial charge in [0.15, 0.2) is 12.2 Å². The SMILES string of the molecule is O=C(Nc1ccccc1)O[C@@H]1O[C@H](COC(=O)c2ccccc2)[C@@H](OC(=O)c2ccccc2)[C@@H]1OS(=O)(=O)c1ccc([N+](=O)[O-])cc1. The first-order chi connectivity index (χ1) is 22.6. The highest BCUT2D eigenvalue weighted by atomic mass is 32.2. The van der Waals surface area contributed by atoms with Crippen molar-refractivity contribution in [2.24, 2.45) is 0 Å². The van der Waals surface area contributed by atoms with Crippen LogP contribution >= 0.6 is 0 Å². The highest BCUT2D eigenvalue weighted by Crippen LogP contribution is 2.32. The number of amides is 1. The van der Waals surface area contributed by atoms with Crippen molar-refractivity contribution in [1.82, 2.24) is 0 Å². The molecule has 14 nitrogen and oxygen atoms in total. The minimum absolute atomic E-state index is 0.0932. The van der Waals surface area contributed by atoms with Crippen molar-refractivity contribution >= 4 is 39.5 Å². The fourth-order valence-corrected chi connectivity index (χ4v) is 5.53. The molecule has 4 aromatic carbocycles. The predicted molar refractivity (Wildman–Crippen MR) is 163 cm³/mol. The Bertz CT molecular complexity index is 1820. The molecule has 0 unspecified atom stereocenters. The van der Waals surface area contributed by atoms with Crippen molar-refractivity contribution < 1.29 is 50.9 Å². The van der Waals surface area contributed by atoms with Gasteiger partial charge in [-0.15, -0.1) is 0 Å². The average Bonchev–Trinajstić information content (AvgIpc) is 3.38. The molecule has 1 saturated heterocycles. The summed E-state index contributed by atoms with van der Waals surface area (Å²) in [7, 11) is -4.76. The summed E-state index contributed by atoms with van der Waals surface area (Å²) < 4.78 is 54.6. The number of esters is 2. The second-order valence-corrected chi connectivity index (χ2v) is 11.5. The number of nitro benzene ring substituents is 1. The number of nitrogens with zero attached hydrogens (tertiary/aromatic N) is 1. The van der Waals surface area contributed by atoms with E-state index in [1.807, 2.05) is 0 Å². The van der Waals surface area contributed by atoms with E-state index < -0.39 is 69.2 Å². The Labute approximate surface area is 268 Å². The molecule has 1 aliphatic rings. The zero-order chi connectivity index (χ0) is 33.4. The van der Waals surface area contributed by atoms with E-state index in [1.54, 1.807) is 66.7 Å². The van der Waals surface area contributed by atoms with Gasteiger partial charge in [-0.3, -0.25) is 19.6 Å². The van der Waals surface area contributed by atoms with Crippen molar-refractivity contribution in [2.45, 2.75) is 29.5 Å². The number of benzene rings is 4. The molecule has 5 rings (SSSR count). The third-order valence-corrected chi connectivity index (χ3v) is 8.05. The van der Waals surface area contributed by atoms with Gasteiger partial charge in [-0.05, 0) is 48.5 Å². The Balaban J connectivity index is 1.46. The summed E-state index contributed by atoms with van der Waals surface area (Å²) in [6.07, 6.45) is -7.72. The Morgan fingerprint density at radius 3 is 1.87 bits per heavy atom. The number of ether oxygens (including phenoxy) is 4. The van der Waals surface area contributed by atoms with Gasteiger partial charge in [0.25, 0.3) is 15.8 Å². The van der Waals surface area contributed by atoms with E-state index in [2.05, 4.69) is 5.32 Å². The molecule has 0 radical (unpaired) electrons. The lowest BCUT2D eigenvalue weighted by Crippen LogP contribution is -2.43. The van der Waals surface area contributed by atoms with Gasteiger partial charge in [0.2, 0.25) is 6.29 Å². The van der Waals surface area contributed by atoms with Gasteiger partial charge >= 0.3 is 18.0 Å². The highest BCUT2D eigenvalue weighted by Gasteiger charge is 2.53. The minimum Gasteiger partial charge on any atom is -0.459 e. The number of nitro groups is 1. The summed E-state index contributed by atoms with van der Waals surface area (Å²) in [4.78, 5) is 48.7. The number of anilines is 1. The molecule has 1 fully saturated rings. The quantitative estimate of drug-likeness (QED) is 0.0766. The summed E-state index contributed by atoms with van der Waals surface area (Å²) in [5.41, 5.74) is 0.261. The van der Waals surface area contributed by atoms with Crippen LogP contribution in [0.15, 0.2) is 120 Å². The zero-order valence-electron chi connectivity index (χ0n) is 24.2. The number of para-hydroxylation sites is 1. The number of rotatable bonds is 11. The molecule has 4 aromatic rings. The number of hydrogen-bond acceptors (Lipinski definition) is 12. The van der Waals surface area contributed by atoms with Crippen LogP contribution in [0.3, 0.4) is 0 Å². The molecule has 0 spiro atoms. The molecule has 242 valence electrons. The maximum absolute atomic E-state index is 13.4. The lowest BCUT2D eigenvalue weighted by Gasteiger charge is -2.24. The molecular formula is C32H26N2O12S. The lowest BCUT2D eigenvalue weighted by molar-refractivity contribution is -0.384. The van der Waals surface area contributed by atoms with E-state index in [-0.39, 0.29) is 16.8 Å². The highest BCUT2D eigenvalue weighted by molar-refractivity contribution is 7.86. The summed E-state index contributed by atoms with van der Waals surface area (Å²) in [6, 6.07) is 27.7. The summed E-state index contributed by atoms with van der Waals surface area (Å²) in [5, 5.41) is 13.6. The largest absolute Gasteiger partial charge is 0.459 e. The molecule has 0 bridgehead atoms. The molecule has 1 N–H and O–H groups in total. The maximum Gasteiger partial charge on any atom is 0.414 e. The smallest absolute Gasteiger partial charge is 0.414 e. The molecule has 0 saturated carbocycles. The van der Waals surface area contributed by atoms with Crippen LogP contribution in [-0.4, -0.2) is 62.6 Å². The first kappa shape index (κ1) is 32.7. The Kier molecular flexibility index (Phi) is 10.2. The van der Waals surface area contributed by atoms with Crippen molar-refractivity contribution in [3.05, 3.63) is 137 Å². The zero-order valence-corrected chi connectivity index (χ0v) is 25.1. The lowest BCUT2D eigenvalue weighted by atomic mass is 10.1. The van der Waals surface area contributed by atoms with Crippen molar-refractivity contribution in [3.8, 4) is 0 Å². The second kappa shape index (κ2) is 14.6. The summed E-state index contributed by atoms with van der Waals surface area (Å²) in [5.74, 6) is -1.67. The third-order valence-electron chi connectivity index (χ3n) is 6.73. The van der Waals surface area contributed by atoms with Crippen LogP contribution in [-0.2, 0) is 33.2 Å². The Hall–Kier alpha value is -5.64. The molecule has 47 heavy (non-hydrogen) atoms. The van der Waals surface area contributed by atoms with Gasteiger partial charge < -0.3 is 18.9 Å². The second-order valence-electron chi connectivity index (χ2n) is 9.91. The van der Waals surface area contributed by atoms with E-state index in [0.29, 0.717) is 5.69 Å². The fourth-order valence-electron chi connectivity index (χ4n) is 4.46. The third kappa shape index (κ3) is 8.35. The summed E-state index contributed by atoms with van der Waals surface area (Å²) >= 11 is 0. The van der Waals surface area contributed by atoms with Crippen LogP contribution < -0.4 is 5.32 Å². The number of carbonyl (C=O) groups excluding carboxylic acids is 3. The molecule has 1 aliphatic heterocycles. The number of nitrogens with one attached hydrogen (secondary N) is 1. The van der Waals surface area contributed by atoms with Gasteiger partial charge in [-0.25, -0.2) is 14.4 Å². The first-order valence-electron chi connectivity index (χ1n) is 13.9. The molecule has 0 aromatic heterocycles. The first-order valence-corrected chi connectivity index (χ1v) is 15.4. The average molecular weight is 663 g/mol. The van der Waals surface area contributed by atoms with Gasteiger partial charge in [0.05, 0.1) is 20.9 Å². The van der Waals surface area contributed by atoms with E-state index in [0.717, 1.165) is 24.3 Å². The monoisotopic (exact) mass is 662 g/mol. The van der Waals surface area contributed by atoms with Gasteiger partial charge in [0, 0.05) is 17.8 Å². The van der Waals surface area contributed by atoms with Crippen LogP contribution in [0.5, 0.6) is 0 Å².